The van der Waals surface area contributed by atoms with Gasteiger partial charge in [-0.1, -0.05) is 58.6 Å². The van der Waals surface area contributed by atoms with Crippen LogP contribution >= 0.6 is 11.8 Å². The van der Waals surface area contributed by atoms with E-state index in [0.29, 0.717) is 6.04 Å². The molecule has 0 radical (unpaired) electrons. The molecule has 2 rings (SSSR count). The van der Waals surface area contributed by atoms with Crippen molar-refractivity contribution >= 4 is 11.8 Å². The fourth-order valence-corrected chi connectivity index (χ4v) is 4.49. The predicted octanol–water partition coefficient (Wildman–Crippen LogP) is 5.39. The van der Waals surface area contributed by atoms with Gasteiger partial charge in [-0.05, 0) is 43.0 Å². The third-order valence-corrected chi connectivity index (χ3v) is 5.99. The lowest BCUT2D eigenvalue weighted by Gasteiger charge is -2.29. The molecule has 2 atom stereocenters. The van der Waals surface area contributed by atoms with E-state index in [9.17, 15) is 0 Å². The first-order valence-electron chi connectivity index (χ1n) is 8.45. The van der Waals surface area contributed by atoms with Gasteiger partial charge in [-0.15, -0.1) is 11.8 Å². The van der Waals surface area contributed by atoms with Crippen LogP contribution in [0.3, 0.4) is 0 Å². The first-order chi connectivity index (χ1) is 10.0. The molecule has 0 spiro atoms. The summed E-state index contributed by atoms with van der Waals surface area (Å²) in [7, 11) is 2.13. The van der Waals surface area contributed by atoms with Gasteiger partial charge in [-0.25, -0.2) is 0 Å². The zero-order chi connectivity index (χ0) is 15.3. The van der Waals surface area contributed by atoms with E-state index in [2.05, 4.69) is 69.2 Å². The molecular formula is C19H31NS. The van der Waals surface area contributed by atoms with Crippen molar-refractivity contribution in [1.82, 2.24) is 5.32 Å². The standard InChI is InChI=1S/C19H31NS/c1-19(2,3)15-11-13-16(14-12-15)21-18-10-8-6-5-7-9-17(18)20-4/h11-14,17-18,20H,5-10H2,1-4H3. The van der Waals surface area contributed by atoms with E-state index >= 15 is 0 Å². The highest BCUT2D eigenvalue weighted by molar-refractivity contribution is 8.00. The molecule has 118 valence electrons. The fraction of sp³-hybridized carbons (Fsp3) is 0.684. The Bertz CT molecular complexity index is 418. The minimum Gasteiger partial charge on any atom is -0.316 e. The number of hydrogen-bond acceptors (Lipinski definition) is 2. The van der Waals surface area contributed by atoms with Gasteiger partial charge in [0.25, 0.3) is 0 Å². The molecule has 0 heterocycles. The van der Waals surface area contributed by atoms with Crippen LogP contribution < -0.4 is 5.32 Å². The van der Waals surface area contributed by atoms with E-state index in [0.717, 1.165) is 5.25 Å². The topological polar surface area (TPSA) is 12.0 Å². The Morgan fingerprint density at radius 3 is 2.14 bits per heavy atom. The van der Waals surface area contributed by atoms with Crippen LogP contribution in [0.4, 0.5) is 0 Å². The quantitative estimate of drug-likeness (QED) is 0.804. The summed E-state index contributed by atoms with van der Waals surface area (Å²) >= 11 is 2.08. The van der Waals surface area contributed by atoms with Crippen LogP contribution in [-0.4, -0.2) is 18.3 Å². The Labute approximate surface area is 135 Å². The molecule has 1 N–H and O–H groups in total. The van der Waals surface area contributed by atoms with Crippen molar-refractivity contribution < 1.29 is 0 Å². The lowest BCUT2D eigenvalue weighted by molar-refractivity contribution is 0.420. The Kier molecular flexibility index (Phi) is 6.19. The summed E-state index contributed by atoms with van der Waals surface area (Å²) in [6, 6.07) is 9.91. The largest absolute Gasteiger partial charge is 0.316 e. The summed E-state index contributed by atoms with van der Waals surface area (Å²) in [5, 5.41) is 4.28. The van der Waals surface area contributed by atoms with Gasteiger partial charge in [0, 0.05) is 16.2 Å². The Morgan fingerprint density at radius 2 is 1.57 bits per heavy atom. The Balaban J connectivity index is 2.04. The van der Waals surface area contributed by atoms with Gasteiger partial charge in [0.2, 0.25) is 0 Å². The molecule has 1 aliphatic rings. The summed E-state index contributed by atoms with van der Waals surface area (Å²) in [5.74, 6) is 0. The average molecular weight is 306 g/mol. The van der Waals surface area contributed by atoms with Gasteiger partial charge in [0.05, 0.1) is 0 Å². The number of hydrogen-bond donors (Lipinski definition) is 1. The number of rotatable bonds is 3. The summed E-state index contributed by atoms with van der Waals surface area (Å²) in [4.78, 5) is 1.42. The molecule has 1 aliphatic carbocycles. The van der Waals surface area contributed by atoms with Crippen LogP contribution in [0.15, 0.2) is 29.2 Å². The molecule has 1 aromatic carbocycles. The Morgan fingerprint density at radius 1 is 0.952 bits per heavy atom. The van der Waals surface area contributed by atoms with Gasteiger partial charge in [-0.2, -0.15) is 0 Å². The van der Waals surface area contributed by atoms with Gasteiger partial charge in [-0.3, -0.25) is 0 Å². The molecule has 21 heavy (non-hydrogen) atoms. The molecule has 0 saturated heterocycles. The molecule has 2 unspecified atom stereocenters. The second-order valence-electron chi connectivity index (χ2n) is 7.32. The summed E-state index contributed by atoms with van der Waals surface area (Å²) in [6.07, 6.45) is 8.26. The van der Waals surface area contributed by atoms with E-state index in [-0.39, 0.29) is 5.41 Å². The molecule has 1 fully saturated rings. The van der Waals surface area contributed by atoms with E-state index in [4.69, 9.17) is 0 Å². The monoisotopic (exact) mass is 305 g/mol. The molecule has 0 aliphatic heterocycles. The van der Waals surface area contributed by atoms with Crippen molar-refractivity contribution in [2.24, 2.45) is 0 Å². The maximum Gasteiger partial charge on any atom is 0.0248 e. The lowest BCUT2D eigenvalue weighted by atomic mass is 9.87. The first kappa shape index (κ1) is 16.9. The van der Waals surface area contributed by atoms with Crippen LogP contribution in [0.2, 0.25) is 0 Å². The van der Waals surface area contributed by atoms with Crippen LogP contribution in [0.25, 0.3) is 0 Å². The molecular weight excluding hydrogens is 274 g/mol. The molecule has 0 aromatic heterocycles. The maximum absolute atomic E-state index is 3.56. The minimum absolute atomic E-state index is 0.247. The van der Waals surface area contributed by atoms with Crippen molar-refractivity contribution in [2.45, 2.75) is 80.9 Å². The minimum atomic E-state index is 0.247. The average Bonchev–Trinajstić information content (AvgIpc) is 2.42. The van der Waals surface area contributed by atoms with Crippen molar-refractivity contribution in [3.05, 3.63) is 29.8 Å². The van der Waals surface area contributed by atoms with Crippen molar-refractivity contribution in [3.63, 3.8) is 0 Å². The summed E-state index contributed by atoms with van der Waals surface area (Å²) in [6.45, 7) is 6.84. The predicted molar refractivity (Wildman–Crippen MR) is 95.3 cm³/mol. The highest BCUT2D eigenvalue weighted by atomic mass is 32.2. The summed E-state index contributed by atoms with van der Waals surface area (Å²) in [5.41, 5.74) is 1.67. The number of benzene rings is 1. The smallest absolute Gasteiger partial charge is 0.0248 e. The van der Waals surface area contributed by atoms with Gasteiger partial charge in [0.1, 0.15) is 0 Å². The SMILES string of the molecule is CNC1CCCCCCC1Sc1ccc(C(C)(C)C)cc1. The van der Waals surface area contributed by atoms with Crippen molar-refractivity contribution in [1.29, 1.82) is 0 Å². The maximum atomic E-state index is 3.56. The molecule has 1 aromatic rings. The normalized spacial score (nSPS) is 24.4. The first-order valence-corrected chi connectivity index (χ1v) is 9.33. The third kappa shape index (κ3) is 5.03. The van der Waals surface area contributed by atoms with Crippen molar-refractivity contribution in [2.75, 3.05) is 7.05 Å². The van der Waals surface area contributed by atoms with Crippen molar-refractivity contribution in [3.8, 4) is 0 Å². The second kappa shape index (κ2) is 7.69. The number of thioether (sulfide) groups is 1. The van der Waals surface area contributed by atoms with Crippen LogP contribution in [0.1, 0.15) is 64.9 Å². The van der Waals surface area contributed by atoms with Crippen LogP contribution in [0, 0.1) is 0 Å². The molecule has 1 nitrogen and oxygen atoms in total. The molecule has 0 amide bonds. The third-order valence-electron chi connectivity index (χ3n) is 4.58. The fourth-order valence-electron chi connectivity index (χ4n) is 3.13. The molecule has 1 saturated carbocycles. The second-order valence-corrected chi connectivity index (χ2v) is 8.63. The van der Waals surface area contributed by atoms with Gasteiger partial charge >= 0.3 is 0 Å². The number of nitrogens with one attached hydrogen (secondary N) is 1. The highest BCUT2D eigenvalue weighted by Gasteiger charge is 2.22. The zero-order valence-corrected chi connectivity index (χ0v) is 14.9. The van der Waals surface area contributed by atoms with Crippen LogP contribution in [-0.2, 0) is 5.41 Å². The van der Waals surface area contributed by atoms with E-state index in [1.165, 1.54) is 49.0 Å². The van der Waals surface area contributed by atoms with Gasteiger partial charge < -0.3 is 5.32 Å². The van der Waals surface area contributed by atoms with Crippen LogP contribution in [0.5, 0.6) is 0 Å². The van der Waals surface area contributed by atoms with E-state index in [1.54, 1.807) is 0 Å². The lowest BCUT2D eigenvalue weighted by Crippen LogP contribution is -2.36. The molecule has 2 heteroatoms. The van der Waals surface area contributed by atoms with E-state index < -0.39 is 0 Å². The zero-order valence-electron chi connectivity index (χ0n) is 14.1. The highest BCUT2D eigenvalue weighted by Crippen LogP contribution is 2.33. The summed E-state index contributed by atoms with van der Waals surface area (Å²) < 4.78 is 0. The van der Waals surface area contributed by atoms with Gasteiger partial charge in [0.15, 0.2) is 0 Å². The van der Waals surface area contributed by atoms with E-state index in [1.807, 2.05) is 0 Å². The molecule has 0 bridgehead atoms. The Hall–Kier alpha value is -0.470.